The fourth-order valence-corrected chi connectivity index (χ4v) is 2.64. The second-order valence-corrected chi connectivity index (χ2v) is 5.48. The minimum absolute atomic E-state index is 0.118. The lowest BCUT2D eigenvalue weighted by molar-refractivity contribution is 0.0638. The van der Waals surface area contributed by atoms with Crippen molar-refractivity contribution >= 4 is 11.6 Å². The van der Waals surface area contributed by atoms with Gasteiger partial charge in [0.05, 0.1) is 17.4 Å². The first-order chi connectivity index (χ1) is 10.3. The molecule has 1 aromatic heterocycles. The number of nitrogens with one attached hydrogen (secondary N) is 1. The molecule has 1 aliphatic heterocycles. The van der Waals surface area contributed by atoms with Crippen LogP contribution in [0.4, 0.5) is 5.69 Å². The molecular formula is C16H26N4O. The molecule has 116 valence electrons. The molecule has 1 aromatic rings. The number of nitrogens with zero attached hydrogens (tertiary/aromatic N) is 3. The van der Waals surface area contributed by atoms with E-state index >= 15 is 0 Å². The van der Waals surface area contributed by atoms with Crippen molar-refractivity contribution < 1.29 is 4.79 Å². The largest absolute Gasteiger partial charge is 0.383 e. The molecule has 0 radical (unpaired) electrons. The van der Waals surface area contributed by atoms with Crippen molar-refractivity contribution in [3.05, 3.63) is 24.0 Å². The predicted molar refractivity (Wildman–Crippen MR) is 85.7 cm³/mol. The van der Waals surface area contributed by atoms with Crippen LogP contribution in [0.5, 0.6) is 0 Å². The quantitative estimate of drug-likeness (QED) is 0.871. The molecule has 2 rings (SSSR count). The van der Waals surface area contributed by atoms with E-state index < -0.39 is 0 Å². The molecular weight excluding hydrogens is 264 g/mol. The molecule has 0 bridgehead atoms. The van der Waals surface area contributed by atoms with Crippen molar-refractivity contribution in [2.45, 2.75) is 26.7 Å². The van der Waals surface area contributed by atoms with E-state index in [9.17, 15) is 4.79 Å². The van der Waals surface area contributed by atoms with Gasteiger partial charge in [0.15, 0.2) is 0 Å². The molecule has 0 aliphatic carbocycles. The number of piperazine rings is 1. The lowest BCUT2D eigenvalue weighted by Gasteiger charge is -2.34. The molecule has 0 unspecified atom stereocenters. The Bertz CT molecular complexity index is 455. The van der Waals surface area contributed by atoms with Crippen LogP contribution in [0, 0.1) is 0 Å². The molecule has 1 saturated heterocycles. The Morgan fingerprint density at radius 1 is 1.24 bits per heavy atom. The number of hydrogen-bond donors (Lipinski definition) is 1. The van der Waals surface area contributed by atoms with Crippen molar-refractivity contribution in [2.75, 3.05) is 44.6 Å². The van der Waals surface area contributed by atoms with Crippen LogP contribution in [0.2, 0.25) is 0 Å². The zero-order chi connectivity index (χ0) is 15.1. The van der Waals surface area contributed by atoms with Gasteiger partial charge < -0.3 is 10.2 Å². The summed E-state index contributed by atoms with van der Waals surface area (Å²) >= 11 is 0. The van der Waals surface area contributed by atoms with Crippen LogP contribution < -0.4 is 5.32 Å². The third-order valence-corrected chi connectivity index (χ3v) is 3.82. The van der Waals surface area contributed by atoms with E-state index in [0.29, 0.717) is 0 Å². The standard InChI is InChI=1S/C16H26N4O/c1-3-6-18-15-13-17-7-5-14(15)16(21)20-11-9-19(8-4-2)10-12-20/h5,7,13,18H,3-4,6,8-12H2,1-2H3. The molecule has 1 amide bonds. The van der Waals surface area contributed by atoms with Gasteiger partial charge in [-0.05, 0) is 25.5 Å². The number of carbonyl (C=O) groups is 1. The number of pyridine rings is 1. The molecule has 5 heteroatoms. The van der Waals surface area contributed by atoms with Crippen molar-refractivity contribution in [3.63, 3.8) is 0 Å². The molecule has 0 saturated carbocycles. The summed E-state index contributed by atoms with van der Waals surface area (Å²) in [7, 11) is 0. The van der Waals surface area contributed by atoms with Gasteiger partial charge in [-0.2, -0.15) is 0 Å². The van der Waals surface area contributed by atoms with E-state index in [1.807, 2.05) is 11.0 Å². The Labute approximate surface area is 127 Å². The number of carbonyl (C=O) groups excluding carboxylic acids is 1. The van der Waals surface area contributed by atoms with Crippen LogP contribution in [0.25, 0.3) is 0 Å². The normalized spacial score (nSPS) is 16.0. The summed E-state index contributed by atoms with van der Waals surface area (Å²) in [6, 6.07) is 1.82. The van der Waals surface area contributed by atoms with Crippen LogP contribution in [0.15, 0.2) is 18.5 Å². The minimum Gasteiger partial charge on any atom is -0.383 e. The Kier molecular flexibility index (Phi) is 5.99. The van der Waals surface area contributed by atoms with Crippen LogP contribution in [-0.2, 0) is 0 Å². The summed E-state index contributed by atoms with van der Waals surface area (Å²) in [5.74, 6) is 0.118. The highest BCUT2D eigenvalue weighted by molar-refractivity contribution is 5.99. The molecule has 0 aromatic carbocycles. The Morgan fingerprint density at radius 2 is 2.00 bits per heavy atom. The first-order valence-corrected chi connectivity index (χ1v) is 7.95. The van der Waals surface area contributed by atoms with Gasteiger partial charge in [0.1, 0.15) is 0 Å². The summed E-state index contributed by atoms with van der Waals surface area (Å²) in [4.78, 5) is 21.2. The van der Waals surface area contributed by atoms with Gasteiger partial charge >= 0.3 is 0 Å². The van der Waals surface area contributed by atoms with E-state index in [-0.39, 0.29) is 5.91 Å². The molecule has 1 aliphatic rings. The lowest BCUT2D eigenvalue weighted by atomic mass is 10.1. The SMILES string of the molecule is CCCNc1cnccc1C(=O)N1CCN(CCC)CC1. The third kappa shape index (κ3) is 4.17. The van der Waals surface area contributed by atoms with Crippen LogP contribution in [0.1, 0.15) is 37.0 Å². The average molecular weight is 290 g/mol. The van der Waals surface area contributed by atoms with Gasteiger partial charge in [-0.15, -0.1) is 0 Å². The summed E-state index contributed by atoms with van der Waals surface area (Å²) < 4.78 is 0. The summed E-state index contributed by atoms with van der Waals surface area (Å²) in [5, 5.41) is 3.29. The first kappa shape index (κ1) is 15.8. The van der Waals surface area contributed by atoms with E-state index in [0.717, 1.165) is 56.9 Å². The topological polar surface area (TPSA) is 48.5 Å². The van der Waals surface area contributed by atoms with E-state index in [2.05, 4.69) is 29.0 Å². The molecule has 0 atom stereocenters. The molecule has 21 heavy (non-hydrogen) atoms. The van der Waals surface area contributed by atoms with Crippen LogP contribution in [0.3, 0.4) is 0 Å². The average Bonchev–Trinajstić information content (AvgIpc) is 2.53. The second kappa shape index (κ2) is 7.98. The molecule has 0 spiro atoms. The Morgan fingerprint density at radius 3 is 2.67 bits per heavy atom. The lowest BCUT2D eigenvalue weighted by Crippen LogP contribution is -2.48. The molecule has 2 heterocycles. The number of hydrogen-bond acceptors (Lipinski definition) is 4. The third-order valence-electron chi connectivity index (χ3n) is 3.82. The fraction of sp³-hybridized carbons (Fsp3) is 0.625. The van der Waals surface area contributed by atoms with Gasteiger partial charge in [0.2, 0.25) is 0 Å². The Hall–Kier alpha value is -1.62. The van der Waals surface area contributed by atoms with Gasteiger partial charge in [-0.1, -0.05) is 13.8 Å². The van der Waals surface area contributed by atoms with Gasteiger partial charge in [-0.25, -0.2) is 0 Å². The smallest absolute Gasteiger partial charge is 0.256 e. The highest BCUT2D eigenvalue weighted by Gasteiger charge is 2.23. The second-order valence-electron chi connectivity index (χ2n) is 5.48. The first-order valence-electron chi connectivity index (χ1n) is 7.95. The molecule has 1 fully saturated rings. The fourth-order valence-electron chi connectivity index (χ4n) is 2.64. The van der Waals surface area contributed by atoms with Crippen LogP contribution in [-0.4, -0.2) is 60.0 Å². The van der Waals surface area contributed by atoms with Crippen LogP contribution >= 0.6 is 0 Å². The van der Waals surface area contributed by atoms with Crippen molar-refractivity contribution in [3.8, 4) is 0 Å². The van der Waals surface area contributed by atoms with Crippen molar-refractivity contribution in [2.24, 2.45) is 0 Å². The van der Waals surface area contributed by atoms with Gasteiger partial charge in [-0.3, -0.25) is 14.7 Å². The maximum atomic E-state index is 12.7. The van der Waals surface area contributed by atoms with Gasteiger partial charge in [0.25, 0.3) is 5.91 Å². The van der Waals surface area contributed by atoms with Gasteiger partial charge in [0, 0.05) is 38.9 Å². The Balaban J connectivity index is 2.00. The van der Waals surface area contributed by atoms with E-state index in [1.165, 1.54) is 6.42 Å². The summed E-state index contributed by atoms with van der Waals surface area (Å²) in [5.41, 5.74) is 1.59. The highest BCUT2D eigenvalue weighted by Crippen LogP contribution is 2.17. The maximum Gasteiger partial charge on any atom is 0.256 e. The molecule has 1 N–H and O–H groups in total. The number of rotatable bonds is 6. The predicted octanol–water partition coefficient (Wildman–Crippen LogP) is 2.07. The monoisotopic (exact) mass is 290 g/mol. The number of amides is 1. The van der Waals surface area contributed by atoms with E-state index in [4.69, 9.17) is 0 Å². The van der Waals surface area contributed by atoms with E-state index in [1.54, 1.807) is 12.4 Å². The zero-order valence-electron chi connectivity index (χ0n) is 13.1. The highest BCUT2D eigenvalue weighted by atomic mass is 16.2. The zero-order valence-corrected chi connectivity index (χ0v) is 13.1. The summed E-state index contributed by atoms with van der Waals surface area (Å²) in [6.45, 7) is 9.86. The summed E-state index contributed by atoms with van der Waals surface area (Å²) in [6.07, 6.45) is 5.63. The number of aromatic nitrogens is 1. The van der Waals surface area contributed by atoms with Crippen molar-refractivity contribution in [1.82, 2.24) is 14.8 Å². The number of anilines is 1. The molecule has 5 nitrogen and oxygen atoms in total. The minimum atomic E-state index is 0.118. The van der Waals surface area contributed by atoms with Crippen molar-refractivity contribution in [1.29, 1.82) is 0 Å². The maximum absolute atomic E-state index is 12.7.